The Hall–Kier alpha value is -2.99. The number of carbonyl (C=O) groups excluding carboxylic acids is 1. The van der Waals surface area contributed by atoms with Crippen molar-refractivity contribution in [3.63, 3.8) is 0 Å². The molecular weight excluding hydrogens is 322 g/mol. The smallest absolute Gasteiger partial charge is 0.356 e. The molecule has 0 N–H and O–H groups in total. The van der Waals surface area contributed by atoms with Crippen molar-refractivity contribution in [2.24, 2.45) is 0 Å². The van der Waals surface area contributed by atoms with Crippen LogP contribution in [-0.2, 0) is 4.74 Å². The van der Waals surface area contributed by atoms with Gasteiger partial charge in [-0.2, -0.15) is 5.10 Å². The molecule has 0 unspecified atom stereocenters. The molecule has 118 valence electrons. The van der Waals surface area contributed by atoms with Crippen LogP contribution in [0.25, 0.3) is 27.3 Å². The van der Waals surface area contributed by atoms with Crippen molar-refractivity contribution in [2.45, 2.75) is 0 Å². The molecule has 0 atom stereocenters. The van der Waals surface area contributed by atoms with Crippen molar-refractivity contribution >= 4 is 23.0 Å². The molecule has 0 aliphatic rings. The molecule has 0 amide bonds. The Kier molecular flexibility index (Phi) is 3.59. The summed E-state index contributed by atoms with van der Waals surface area (Å²) in [6, 6.07) is 15.5. The van der Waals surface area contributed by atoms with Crippen molar-refractivity contribution < 1.29 is 9.53 Å². The van der Waals surface area contributed by atoms with E-state index in [0.717, 1.165) is 21.7 Å². The number of aromatic nitrogens is 3. The molecule has 0 saturated carbocycles. The maximum absolute atomic E-state index is 12.2. The number of benzene rings is 1. The standard InChI is InChI=1S/C18H13N3O2S/c1-23-18(22)15-10-14(16-8-5-9-24-16)20-17-13(11-19-21(15)17)12-6-3-2-4-7-12/h2-11H,1H3. The van der Waals surface area contributed by atoms with Crippen LogP contribution in [0.5, 0.6) is 0 Å². The van der Waals surface area contributed by atoms with Gasteiger partial charge in [0.25, 0.3) is 0 Å². The third-order valence-corrected chi connectivity index (χ3v) is 4.62. The Morgan fingerprint density at radius 1 is 1.17 bits per heavy atom. The van der Waals surface area contributed by atoms with Gasteiger partial charge >= 0.3 is 5.97 Å². The van der Waals surface area contributed by atoms with Crippen molar-refractivity contribution in [1.29, 1.82) is 0 Å². The van der Waals surface area contributed by atoms with Gasteiger partial charge in [-0.05, 0) is 23.1 Å². The van der Waals surface area contributed by atoms with E-state index in [4.69, 9.17) is 9.72 Å². The summed E-state index contributed by atoms with van der Waals surface area (Å²) in [4.78, 5) is 17.9. The number of carbonyl (C=O) groups is 1. The molecule has 4 aromatic rings. The molecule has 1 aromatic carbocycles. The van der Waals surface area contributed by atoms with E-state index in [1.54, 1.807) is 23.6 Å². The lowest BCUT2D eigenvalue weighted by Crippen LogP contribution is -2.10. The van der Waals surface area contributed by atoms with Crippen LogP contribution in [0.2, 0.25) is 0 Å². The predicted octanol–water partition coefficient (Wildman–Crippen LogP) is 3.91. The molecule has 4 rings (SSSR count). The zero-order valence-electron chi connectivity index (χ0n) is 12.8. The topological polar surface area (TPSA) is 56.5 Å². The van der Waals surface area contributed by atoms with E-state index < -0.39 is 5.97 Å². The zero-order valence-corrected chi connectivity index (χ0v) is 13.7. The third-order valence-electron chi connectivity index (χ3n) is 3.72. The van der Waals surface area contributed by atoms with Gasteiger partial charge in [0.1, 0.15) is 0 Å². The van der Waals surface area contributed by atoms with Gasteiger partial charge in [-0.1, -0.05) is 36.4 Å². The normalized spacial score (nSPS) is 10.9. The summed E-state index contributed by atoms with van der Waals surface area (Å²) < 4.78 is 6.44. The van der Waals surface area contributed by atoms with Crippen molar-refractivity contribution in [2.75, 3.05) is 7.11 Å². The summed E-state index contributed by atoms with van der Waals surface area (Å²) in [5.74, 6) is -0.442. The van der Waals surface area contributed by atoms with Crippen LogP contribution >= 0.6 is 11.3 Å². The number of hydrogen-bond acceptors (Lipinski definition) is 5. The van der Waals surface area contributed by atoms with E-state index in [0.29, 0.717) is 11.3 Å². The molecule has 0 spiro atoms. The van der Waals surface area contributed by atoms with Gasteiger partial charge in [0.15, 0.2) is 11.3 Å². The minimum atomic E-state index is -0.442. The first kappa shape index (κ1) is 14.6. The van der Waals surface area contributed by atoms with Gasteiger partial charge in [0.2, 0.25) is 0 Å². The molecule has 3 aromatic heterocycles. The van der Waals surface area contributed by atoms with E-state index in [1.807, 2.05) is 47.8 Å². The van der Waals surface area contributed by atoms with Gasteiger partial charge < -0.3 is 4.74 Å². The predicted molar refractivity (Wildman–Crippen MR) is 93.1 cm³/mol. The lowest BCUT2D eigenvalue weighted by Gasteiger charge is -2.06. The van der Waals surface area contributed by atoms with E-state index in [-0.39, 0.29) is 0 Å². The van der Waals surface area contributed by atoms with E-state index in [1.165, 1.54) is 11.6 Å². The first-order valence-electron chi connectivity index (χ1n) is 7.34. The van der Waals surface area contributed by atoms with Crippen LogP contribution < -0.4 is 0 Å². The molecule has 3 heterocycles. The second kappa shape index (κ2) is 5.90. The Morgan fingerprint density at radius 2 is 2.00 bits per heavy atom. The first-order chi connectivity index (χ1) is 11.8. The highest BCUT2D eigenvalue weighted by Gasteiger charge is 2.18. The molecule has 0 bridgehead atoms. The molecule has 24 heavy (non-hydrogen) atoms. The summed E-state index contributed by atoms with van der Waals surface area (Å²) in [5, 5.41) is 6.32. The van der Waals surface area contributed by atoms with Gasteiger partial charge in [-0.25, -0.2) is 14.3 Å². The van der Waals surface area contributed by atoms with E-state index >= 15 is 0 Å². The lowest BCUT2D eigenvalue weighted by molar-refractivity contribution is 0.0590. The molecule has 0 fully saturated rings. The quantitative estimate of drug-likeness (QED) is 0.533. The fraction of sp³-hybridized carbons (Fsp3) is 0.0556. The van der Waals surface area contributed by atoms with Crippen LogP contribution in [0.3, 0.4) is 0 Å². The average molecular weight is 335 g/mol. The molecular formula is C18H13N3O2S. The second-order valence-electron chi connectivity index (χ2n) is 5.16. The average Bonchev–Trinajstić information content (AvgIpc) is 3.30. The highest BCUT2D eigenvalue weighted by Crippen LogP contribution is 2.29. The summed E-state index contributed by atoms with van der Waals surface area (Å²) in [6.45, 7) is 0. The molecule has 0 saturated heterocycles. The molecule has 0 aliphatic heterocycles. The van der Waals surface area contributed by atoms with Crippen LogP contribution in [0, 0.1) is 0 Å². The number of methoxy groups -OCH3 is 1. The van der Waals surface area contributed by atoms with Crippen LogP contribution in [0.15, 0.2) is 60.1 Å². The van der Waals surface area contributed by atoms with Crippen molar-refractivity contribution in [1.82, 2.24) is 14.6 Å². The highest BCUT2D eigenvalue weighted by atomic mass is 32.1. The number of nitrogens with zero attached hydrogens (tertiary/aromatic N) is 3. The fourth-order valence-electron chi connectivity index (χ4n) is 2.58. The SMILES string of the molecule is COC(=O)c1cc(-c2cccs2)nc2c(-c3ccccc3)cnn12. The van der Waals surface area contributed by atoms with Crippen molar-refractivity contribution in [3.05, 3.63) is 65.8 Å². The summed E-state index contributed by atoms with van der Waals surface area (Å²) in [6.07, 6.45) is 1.72. The lowest BCUT2D eigenvalue weighted by atomic mass is 10.1. The first-order valence-corrected chi connectivity index (χ1v) is 8.22. The monoisotopic (exact) mass is 335 g/mol. The number of thiophene rings is 1. The largest absolute Gasteiger partial charge is 0.464 e. The van der Waals surface area contributed by atoms with Gasteiger partial charge in [-0.15, -0.1) is 11.3 Å². The molecule has 5 nitrogen and oxygen atoms in total. The Morgan fingerprint density at radius 3 is 2.71 bits per heavy atom. The molecule has 0 aliphatic carbocycles. The number of hydrogen-bond donors (Lipinski definition) is 0. The maximum Gasteiger partial charge on any atom is 0.356 e. The van der Waals surface area contributed by atoms with Crippen LogP contribution in [-0.4, -0.2) is 27.7 Å². The summed E-state index contributed by atoms with van der Waals surface area (Å²) >= 11 is 1.57. The van der Waals surface area contributed by atoms with Crippen LogP contribution in [0.4, 0.5) is 0 Å². The molecule has 6 heteroatoms. The van der Waals surface area contributed by atoms with E-state index in [2.05, 4.69) is 5.10 Å². The summed E-state index contributed by atoms with van der Waals surface area (Å²) in [5.41, 5.74) is 3.59. The molecule has 0 radical (unpaired) electrons. The number of ether oxygens (including phenoxy) is 1. The Bertz CT molecular complexity index is 1010. The van der Waals surface area contributed by atoms with Gasteiger partial charge in [0, 0.05) is 5.56 Å². The van der Waals surface area contributed by atoms with Crippen LogP contribution in [0.1, 0.15) is 10.5 Å². The van der Waals surface area contributed by atoms with Gasteiger partial charge in [0.05, 0.1) is 23.9 Å². The minimum Gasteiger partial charge on any atom is -0.464 e. The summed E-state index contributed by atoms with van der Waals surface area (Å²) in [7, 11) is 1.36. The van der Waals surface area contributed by atoms with Gasteiger partial charge in [-0.3, -0.25) is 0 Å². The number of esters is 1. The minimum absolute atomic E-state index is 0.355. The number of rotatable bonds is 3. The van der Waals surface area contributed by atoms with E-state index in [9.17, 15) is 4.79 Å². The fourth-order valence-corrected chi connectivity index (χ4v) is 3.27. The maximum atomic E-state index is 12.2. The zero-order chi connectivity index (χ0) is 16.5. The second-order valence-corrected chi connectivity index (χ2v) is 6.10. The Labute approximate surface area is 142 Å². The third kappa shape index (κ3) is 2.37. The highest BCUT2D eigenvalue weighted by molar-refractivity contribution is 7.13. The van der Waals surface area contributed by atoms with Crippen molar-refractivity contribution in [3.8, 4) is 21.7 Å². The number of fused-ring (bicyclic) bond motifs is 1. The Balaban J connectivity index is 2.01.